The van der Waals surface area contributed by atoms with E-state index in [0.717, 1.165) is 6.07 Å². The van der Waals surface area contributed by atoms with Crippen molar-refractivity contribution in [2.75, 3.05) is 13.7 Å². The fourth-order valence-corrected chi connectivity index (χ4v) is 2.28. The third-order valence-electron chi connectivity index (χ3n) is 2.47. The molecule has 0 fully saturated rings. The number of sulfonamides is 1. The molecule has 0 aromatic heterocycles. The summed E-state index contributed by atoms with van der Waals surface area (Å²) in [6.07, 6.45) is -0.518. The molecule has 1 aromatic rings. The van der Waals surface area contributed by atoms with Gasteiger partial charge in [0, 0.05) is 7.11 Å². The summed E-state index contributed by atoms with van der Waals surface area (Å²) in [6.45, 7) is 3.13. The lowest BCUT2D eigenvalue weighted by Gasteiger charge is -2.13. The number of nitrogens with two attached hydrogens (primary N) is 1. The van der Waals surface area contributed by atoms with Crippen LogP contribution in [-0.4, -0.2) is 34.2 Å². The van der Waals surface area contributed by atoms with Gasteiger partial charge in [0.1, 0.15) is 16.8 Å². The monoisotopic (exact) mass is 305 g/mol. The molecule has 6 nitrogen and oxygen atoms in total. The van der Waals surface area contributed by atoms with Gasteiger partial charge in [-0.2, -0.15) is 0 Å². The minimum absolute atomic E-state index is 0.0112. The van der Waals surface area contributed by atoms with E-state index >= 15 is 0 Å². The van der Waals surface area contributed by atoms with Crippen molar-refractivity contribution < 1.29 is 27.1 Å². The summed E-state index contributed by atoms with van der Waals surface area (Å²) in [4.78, 5) is 11.1. The van der Waals surface area contributed by atoms with E-state index in [1.165, 1.54) is 20.1 Å². The highest BCUT2D eigenvalue weighted by molar-refractivity contribution is 7.89. The molecule has 0 spiro atoms. The van der Waals surface area contributed by atoms with E-state index < -0.39 is 32.8 Å². The van der Waals surface area contributed by atoms with Crippen molar-refractivity contribution in [2.45, 2.75) is 24.8 Å². The third kappa shape index (κ3) is 3.99. The molecule has 0 aliphatic heterocycles. The van der Waals surface area contributed by atoms with Gasteiger partial charge in [0.15, 0.2) is 0 Å². The Morgan fingerprint density at radius 3 is 2.55 bits per heavy atom. The predicted molar refractivity (Wildman–Crippen MR) is 69.3 cm³/mol. The van der Waals surface area contributed by atoms with Crippen LogP contribution in [0.1, 0.15) is 22.8 Å². The molecule has 1 unspecified atom stereocenters. The predicted octanol–water partition coefficient (Wildman–Crippen LogP) is 0.973. The molecular formula is C12H16FNO5S. The highest BCUT2D eigenvalue weighted by atomic mass is 32.2. The van der Waals surface area contributed by atoms with Crippen molar-refractivity contribution in [1.82, 2.24) is 0 Å². The number of primary sulfonamides is 1. The first-order valence-corrected chi connectivity index (χ1v) is 7.24. The minimum atomic E-state index is -4.26. The van der Waals surface area contributed by atoms with Crippen LogP contribution in [0.15, 0.2) is 17.0 Å². The van der Waals surface area contributed by atoms with Crippen molar-refractivity contribution in [1.29, 1.82) is 0 Å². The average Bonchev–Trinajstić information content (AvgIpc) is 2.30. The normalized spacial score (nSPS) is 13.1. The van der Waals surface area contributed by atoms with Crippen molar-refractivity contribution in [3.63, 3.8) is 0 Å². The number of hydrogen-bond donors (Lipinski definition) is 1. The molecule has 0 saturated carbocycles. The molecule has 0 aliphatic carbocycles. The van der Waals surface area contributed by atoms with E-state index in [0.29, 0.717) is 0 Å². The second kappa shape index (κ2) is 6.29. The van der Waals surface area contributed by atoms with E-state index in [1.807, 2.05) is 0 Å². The Labute approximate surface area is 116 Å². The Morgan fingerprint density at radius 2 is 2.05 bits per heavy atom. The standard InChI is InChI=1S/C12H16FNO5S/c1-7-4-9(12(15)19-8(2)6-18-3)5-10(11(7)13)20(14,16)17/h4-5,8H,6H2,1-3H3,(H2,14,16,17). The molecule has 0 radical (unpaired) electrons. The van der Waals surface area contributed by atoms with Crippen molar-refractivity contribution >= 4 is 16.0 Å². The SMILES string of the molecule is COCC(C)OC(=O)c1cc(C)c(F)c(S(N)(=O)=O)c1. The summed E-state index contributed by atoms with van der Waals surface area (Å²) < 4.78 is 46.1. The van der Waals surface area contributed by atoms with Gasteiger partial charge in [-0.3, -0.25) is 0 Å². The Hall–Kier alpha value is -1.51. The number of esters is 1. The molecule has 2 N–H and O–H groups in total. The van der Waals surface area contributed by atoms with Gasteiger partial charge in [-0.15, -0.1) is 0 Å². The van der Waals surface area contributed by atoms with Crippen LogP contribution < -0.4 is 5.14 Å². The topological polar surface area (TPSA) is 95.7 Å². The van der Waals surface area contributed by atoms with Gasteiger partial charge in [0.05, 0.1) is 12.2 Å². The minimum Gasteiger partial charge on any atom is -0.457 e. The third-order valence-corrected chi connectivity index (χ3v) is 3.38. The molecule has 8 heteroatoms. The maximum Gasteiger partial charge on any atom is 0.338 e. The molecule has 0 heterocycles. The van der Waals surface area contributed by atoms with E-state index in [4.69, 9.17) is 14.6 Å². The molecule has 1 aromatic carbocycles. The number of ether oxygens (including phenoxy) is 2. The van der Waals surface area contributed by atoms with Gasteiger partial charge in [-0.1, -0.05) is 0 Å². The molecule has 0 amide bonds. The molecule has 0 bridgehead atoms. The highest BCUT2D eigenvalue weighted by Crippen LogP contribution is 2.20. The van der Waals surface area contributed by atoms with Crippen LogP contribution in [0, 0.1) is 12.7 Å². The van der Waals surface area contributed by atoms with Crippen molar-refractivity contribution in [3.8, 4) is 0 Å². The van der Waals surface area contributed by atoms with E-state index in [1.54, 1.807) is 6.92 Å². The first kappa shape index (κ1) is 16.5. The Morgan fingerprint density at radius 1 is 1.45 bits per heavy atom. The van der Waals surface area contributed by atoms with Gasteiger partial charge >= 0.3 is 5.97 Å². The number of benzene rings is 1. The maximum atomic E-state index is 13.7. The van der Waals surface area contributed by atoms with Gasteiger partial charge in [-0.05, 0) is 31.5 Å². The fraction of sp³-hybridized carbons (Fsp3) is 0.417. The van der Waals surface area contributed by atoms with Crippen LogP contribution in [0.5, 0.6) is 0 Å². The molecule has 20 heavy (non-hydrogen) atoms. The quantitative estimate of drug-likeness (QED) is 0.818. The highest BCUT2D eigenvalue weighted by Gasteiger charge is 2.21. The van der Waals surface area contributed by atoms with Crippen LogP contribution in [0.4, 0.5) is 4.39 Å². The smallest absolute Gasteiger partial charge is 0.338 e. The number of carbonyl (C=O) groups excluding carboxylic acids is 1. The van der Waals surface area contributed by atoms with Crippen LogP contribution in [0.2, 0.25) is 0 Å². The van der Waals surface area contributed by atoms with Crippen LogP contribution in [0.25, 0.3) is 0 Å². The fourth-order valence-electron chi connectivity index (χ4n) is 1.58. The molecular weight excluding hydrogens is 289 g/mol. The zero-order chi connectivity index (χ0) is 15.5. The number of methoxy groups -OCH3 is 1. The molecule has 112 valence electrons. The van der Waals surface area contributed by atoms with E-state index in [2.05, 4.69) is 0 Å². The van der Waals surface area contributed by atoms with Crippen molar-refractivity contribution in [3.05, 3.63) is 29.1 Å². The molecule has 0 aliphatic rings. The summed E-state index contributed by atoms with van der Waals surface area (Å²) in [5, 5.41) is 4.90. The first-order chi connectivity index (χ1) is 9.16. The van der Waals surface area contributed by atoms with Gasteiger partial charge in [0.2, 0.25) is 10.0 Å². The van der Waals surface area contributed by atoms with Gasteiger partial charge in [0.25, 0.3) is 0 Å². The Kier molecular flexibility index (Phi) is 5.21. The summed E-state index contributed by atoms with van der Waals surface area (Å²) in [5.74, 6) is -1.75. The lowest BCUT2D eigenvalue weighted by Crippen LogP contribution is -2.21. The largest absolute Gasteiger partial charge is 0.457 e. The second-order valence-corrected chi connectivity index (χ2v) is 5.85. The van der Waals surface area contributed by atoms with E-state index in [-0.39, 0.29) is 17.7 Å². The Bertz CT molecular complexity index is 615. The van der Waals surface area contributed by atoms with Crippen LogP contribution in [-0.2, 0) is 19.5 Å². The number of halogens is 1. The average molecular weight is 305 g/mol. The van der Waals surface area contributed by atoms with Gasteiger partial charge < -0.3 is 9.47 Å². The number of rotatable bonds is 5. The summed E-state index contributed by atoms with van der Waals surface area (Å²) >= 11 is 0. The summed E-state index contributed by atoms with van der Waals surface area (Å²) in [5.41, 5.74) is -0.0984. The number of carbonyl (C=O) groups is 1. The number of hydrogen-bond acceptors (Lipinski definition) is 5. The molecule has 1 atom stereocenters. The number of aryl methyl sites for hydroxylation is 1. The molecule has 1 rings (SSSR count). The lowest BCUT2D eigenvalue weighted by molar-refractivity contribution is 0.0120. The first-order valence-electron chi connectivity index (χ1n) is 5.69. The molecule has 0 saturated heterocycles. The van der Waals surface area contributed by atoms with Crippen LogP contribution >= 0.6 is 0 Å². The van der Waals surface area contributed by atoms with Gasteiger partial charge in [-0.25, -0.2) is 22.7 Å². The second-order valence-electron chi connectivity index (χ2n) is 4.32. The maximum absolute atomic E-state index is 13.7. The van der Waals surface area contributed by atoms with E-state index in [9.17, 15) is 17.6 Å². The Balaban J connectivity index is 3.15. The zero-order valence-electron chi connectivity index (χ0n) is 11.3. The van der Waals surface area contributed by atoms with Crippen molar-refractivity contribution in [2.24, 2.45) is 5.14 Å². The summed E-state index contributed by atoms with van der Waals surface area (Å²) in [7, 11) is -2.81. The van der Waals surface area contributed by atoms with Crippen LogP contribution in [0.3, 0.4) is 0 Å². The zero-order valence-corrected chi connectivity index (χ0v) is 12.2. The summed E-state index contributed by atoms with van der Waals surface area (Å²) in [6, 6.07) is 2.06. The lowest BCUT2D eigenvalue weighted by atomic mass is 10.1.